The molecule has 0 saturated heterocycles. The third-order valence-corrected chi connectivity index (χ3v) is 3.92. The van der Waals surface area contributed by atoms with Gasteiger partial charge in [-0.25, -0.2) is 0 Å². The fourth-order valence-corrected chi connectivity index (χ4v) is 2.66. The van der Waals surface area contributed by atoms with E-state index in [1.807, 2.05) is 26.0 Å². The summed E-state index contributed by atoms with van der Waals surface area (Å²) in [5.74, 6) is 0.529. The fraction of sp³-hybridized carbons (Fsp3) is 0.278. The molecule has 0 saturated carbocycles. The molecule has 0 aliphatic carbocycles. The number of hydrogen-bond donors (Lipinski definition) is 1. The van der Waals surface area contributed by atoms with Crippen molar-refractivity contribution in [2.45, 2.75) is 13.8 Å². The van der Waals surface area contributed by atoms with Crippen LogP contribution in [0.3, 0.4) is 0 Å². The molecule has 2 aromatic carbocycles. The van der Waals surface area contributed by atoms with Gasteiger partial charge in [-0.1, -0.05) is 22.0 Å². The summed E-state index contributed by atoms with van der Waals surface area (Å²) in [7, 11) is 1.69. The van der Waals surface area contributed by atoms with E-state index >= 15 is 0 Å². The highest BCUT2D eigenvalue weighted by Gasteiger charge is 2.16. The van der Waals surface area contributed by atoms with Crippen molar-refractivity contribution in [3.05, 3.63) is 57.6 Å². The number of aryl methyl sites for hydroxylation is 2. The van der Waals surface area contributed by atoms with Gasteiger partial charge >= 0.3 is 0 Å². The minimum atomic E-state index is -0.243. The molecule has 0 unspecified atom stereocenters. The molecule has 0 bridgehead atoms. The smallest absolute Gasteiger partial charge is 0.257 e. The van der Waals surface area contributed by atoms with Gasteiger partial charge in [-0.05, 0) is 55.3 Å². The lowest BCUT2D eigenvalue weighted by atomic mass is 10.1. The van der Waals surface area contributed by atoms with Gasteiger partial charge in [0.1, 0.15) is 18.1 Å². The highest BCUT2D eigenvalue weighted by Crippen LogP contribution is 2.23. The Morgan fingerprint density at radius 2 is 1.83 bits per heavy atom. The minimum Gasteiger partial charge on any atom is -0.507 e. The minimum absolute atomic E-state index is 0.0275. The van der Waals surface area contributed by atoms with Crippen LogP contribution >= 0.6 is 15.9 Å². The molecule has 2 rings (SSSR count). The lowest BCUT2D eigenvalue weighted by molar-refractivity contribution is 0.0770. The van der Waals surface area contributed by atoms with Crippen LogP contribution in [-0.2, 0) is 0 Å². The van der Waals surface area contributed by atoms with Crippen LogP contribution in [0.1, 0.15) is 21.5 Å². The second-order valence-corrected chi connectivity index (χ2v) is 6.48. The molecule has 4 nitrogen and oxygen atoms in total. The molecule has 0 radical (unpaired) electrons. The van der Waals surface area contributed by atoms with Crippen LogP contribution in [0.2, 0.25) is 0 Å². The zero-order valence-corrected chi connectivity index (χ0v) is 15.1. The van der Waals surface area contributed by atoms with E-state index in [-0.39, 0.29) is 17.2 Å². The van der Waals surface area contributed by atoms with Crippen LogP contribution in [-0.4, -0.2) is 36.1 Å². The maximum Gasteiger partial charge on any atom is 0.257 e. The molecule has 0 spiro atoms. The Balaban J connectivity index is 1.95. The Morgan fingerprint density at radius 3 is 2.48 bits per heavy atom. The molecular weight excluding hydrogens is 358 g/mol. The van der Waals surface area contributed by atoms with E-state index in [9.17, 15) is 9.90 Å². The highest BCUT2D eigenvalue weighted by atomic mass is 79.9. The zero-order chi connectivity index (χ0) is 17.0. The number of hydrogen-bond acceptors (Lipinski definition) is 3. The maximum atomic E-state index is 12.4. The fourth-order valence-electron chi connectivity index (χ4n) is 2.30. The van der Waals surface area contributed by atoms with Crippen LogP contribution in [0.15, 0.2) is 40.9 Å². The largest absolute Gasteiger partial charge is 0.507 e. The van der Waals surface area contributed by atoms with E-state index in [1.54, 1.807) is 19.2 Å². The van der Waals surface area contributed by atoms with Crippen molar-refractivity contribution >= 4 is 21.8 Å². The predicted octanol–water partition coefficient (Wildman–Crippen LogP) is 3.92. The number of aromatic hydroxyl groups is 1. The monoisotopic (exact) mass is 377 g/mol. The van der Waals surface area contributed by atoms with Gasteiger partial charge in [0.05, 0.1) is 12.1 Å². The molecule has 0 atom stereocenters. The second kappa shape index (κ2) is 7.51. The van der Waals surface area contributed by atoms with Crippen molar-refractivity contribution in [3.63, 3.8) is 0 Å². The average molecular weight is 378 g/mol. The summed E-state index contributed by atoms with van der Waals surface area (Å²) >= 11 is 3.30. The summed E-state index contributed by atoms with van der Waals surface area (Å²) in [6.45, 7) is 4.86. The van der Waals surface area contributed by atoms with E-state index < -0.39 is 0 Å². The lowest BCUT2D eigenvalue weighted by Crippen LogP contribution is -2.31. The number of likely N-dealkylation sites (N-methyl/N-ethyl adjacent to an activating group) is 1. The number of nitrogens with zero attached hydrogens (tertiary/aromatic N) is 1. The van der Waals surface area contributed by atoms with Gasteiger partial charge in [0.25, 0.3) is 5.91 Å². The van der Waals surface area contributed by atoms with E-state index in [0.717, 1.165) is 21.3 Å². The van der Waals surface area contributed by atoms with Crippen molar-refractivity contribution in [3.8, 4) is 11.5 Å². The Labute approximate surface area is 144 Å². The topological polar surface area (TPSA) is 49.8 Å². The second-order valence-electron chi connectivity index (χ2n) is 5.56. The third-order valence-electron chi connectivity index (χ3n) is 3.43. The summed E-state index contributed by atoms with van der Waals surface area (Å²) in [5.41, 5.74) is 2.56. The van der Waals surface area contributed by atoms with E-state index in [4.69, 9.17) is 4.74 Å². The molecule has 5 heteroatoms. The first kappa shape index (κ1) is 17.3. The van der Waals surface area contributed by atoms with Gasteiger partial charge < -0.3 is 14.7 Å². The van der Waals surface area contributed by atoms with Crippen molar-refractivity contribution < 1.29 is 14.6 Å². The Morgan fingerprint density at radius 1 is 1.17 bits per heavy atom. The van der Waals surface area contributed by atoms with Crippen LogP contribution in [0.5, 0.6) is 11.5 Å². The Kier molecular flexibility index (Phi) is 5.66. The summed E-state index contributed by atoms with van der Waals surface area (Å²) in [6, 6.07) is 10.8. The zero-order valence-electron chi connectivity index (χ0n) is 13.5. The number of benzene rings is 2. The predicted molar refractivity (Wildman–Crippen MR) is 94.2 cm³/mol. The number of phenolic OH excluding ortho intramolecular Hbond substituents is 1. The Bertz CT molecular complexity index is 695. The van der Waals surface area contributed by atoms with E-state index in [2.05, 4.69) is 22.0 Å². The number of carbonyl (C=O) groups is 1. The summed E-state index contributed by atoms with van der Waals surface area (Å²) < 4.78 is 6.46. The molecule has 23 heavy (non-hydrogen) atoms. The Hall–Kier alpha value is -2.01. The van der Waals surface area contributed by atoms with Crippen molar-refractivity contribution in [1.29, 1.82) is 0 Å². The molecule has 1 N–H and O–H groups in total. The van der Waals surface area contributed by atoms with E-state index in [1.165, 1.54) is 11.0 Å². The molecule has 0 aromatic heterocycles. The summed E-state index contributed by atoms with van der Waals surface area (Å²) in [5, 5.41) is 9.82. The van der Waals surface area contributed by atoms with Crippen LogP contribution in [0, 0.1) is 13.8 Å². The van der Waals surface area contributed by atoms with Crippen molar-refractivity contribution in [2.24, 2.45) is 0 Å². The van der Waals surface area contributed by atoms with E-state index in [0.29, 0.717) is 13.2 Å². The quantitative estimate of drug-likeness (QED) is 0.858. The van der Waals surface area contributed by atoms with Crippen molar-refractivity contribution in [2.75, 3.05) is 20.2 Å². The van der Waals surface area contributed by atoms with Gasteiger partial charge in [-0.2, -0.15) is 0 Å². The summed E-state index contributed by atoms with van der Waals surface area (Å²) in [4.78, 5) is 13.9. The van der Waals surface area contributed by atoms with Crippen LogP contribution < -0.4 is 4.74 Å². The van der Waals surface area contributed by atoms with Crippen LogP contribution in [0.4, 0.5) is 0 Å². The van der Waals surface area contributed by atoms with Gasteiger partial charge in [-0.15, -0.1) is 0 Å². The lowest BCUT2D eigenvalue weighted by Gasteiger charge is -2.18. The first-order valence-corrected chi connectivity index (χ1v) is 8.11. The number of rotatable bonds is 5. The van der Waals surface area contributed by atoms with Crippen molar-refractivity contribution in [1.82, 2.24) is 4.90 Å². The molecule has 0 aliphatic heterocycles. The van der Waals surface area contributed by atoms with Gasteiger partial charge in [0.15, 0.2) is 0 Å². The number of carbonyl (C=O) groups excluding carboxylic acids is 1. The molecule has 1 amide bonds. The maximum absolute atomic E-state index is 12.4. The first-order chi connectivity index (χ1) is 10.9. The molecular formula is C18H20BrNO3. The number of phenols is 1. The number of halogens is 1. The van der Waals surface area contributed by atoms with Crippen LogP contribution in [0.25, 0.3) is 0 Å². The number of amides is 1. The summed E-state index contributed by atoms with van der Waals surface area (Å²) in [6.07, 6.45) is 0. The molecule has 0 aliphatic rings. The standard InChI is InChI=1S/C18H20BrNO3/c1-12-8-13(2)10-15(9-12)23-7-6-20(3)18(22)16-11-14(19)4-5-17(16)21/h4-5,8-11,21H,6-7H2,1-3H3. The molecule has 0 fully saturated rings. The SMILES string of the molecule is Cc1cc(C)cc(OCCN(C)C(=O)c2cc(Br)ccc2O)c1. The number of ether oxygens (including phenoxy) is 1. The average Bonchev–Trinajstić information content (AvgIpc) is 2.48. The molecule has 0 heterocycles. The van der Waals surface area contributed by atoms with Gasteiger partial charge in [0, 0.05) is 11.5 Å². The third kappa shape index (κ3) is 4.73. The molecule has 2 aromatic rings. The van der Waals surface area contributed by atoms with Gasteiger partial charge in [-0.3, -0.25) is 4.79 Å². The first-order valence-electron chi connectivity index (χ1n) is 7.32. The molecule has 122 valence electrons. The van der Waals surface area contributed by atoms with Gasteiger partial charge in [0.2, 0.25) is 0 Å². The normalized spacial score (nSPS) is 10.4. The highest BCUT2D eigenvalue weighted by molar-refractivity contribution is 9.10.